The van der Waals surface area contributed by atoms with E-state index in [4.69, 9.17) is 23.7 Å². The van der Waals surface area contributed by atoms with Gasteiger partial charge in [0.2, 0.25) is 5.75 Å². The Kier molecular flexibility index (Phi) is 4.30. The van der Waals surface area contributed by atoms with Crippen LogP contribution in [0.1, 0.15) is 11.5 Å². The molecule has 0 radical (unpaired) electrons. The molecule has 5 nitrogen and oxygen atoms in total. The summed E-state index contributed by atoms with van der Waals surface area (Å²) < 4.78 is 21.5. The quantitative estimate of drug-likeness (QED) is 0.867. The third kappa shape index (κ3) is 3.00. The van der Waals surface area contributed by atoms with Crippen molar-refractivity contribution < 1.29 is 23.7 Å². The average molecular weight is 264 g/mol. The number of furan rings is 1. The predicted octanol–water partition coefficient (Wildman–Crippen LogP) is 2.37. The van der Waals surface area contributed by atoms with E-state index in [2.05, 4.69) is 0 Å². The molecule has 1 aromatic carbocycles. The summed E-state index contributed by atoms with van der Waals surface area (Å²) in [4.78, 5) is 0. The van der Waals surface area contributed by atoms with Gasteiger partial charge in [0, 0.05) is 0 Å². The first-order valence-corrected chi connectivity index (χ1v) is 5.80. The molecule has 0 bridgehead atoms. The molecule has 1 N–H and O–H groups in total. The van der Waals surface area contributed by atoms with Gasteiger partial charge in [0.1, 0.15) is 24.7 Å². The molecule has 1 aromatic heterocycles. The van der Waals surface area contributed by atoms with Crippen LogP contribution in [0.3, 0.4) is 0 Å². The first-order chi connectivity index (χ1) is 9.28. The second-order valence-electron chi connectivity index (χ2n) is 3.81. The van der Waals surface area contributed by atoms with E-state index in [1.165, 1.54) is 0 Å². The molecule has 2 aromatic rings. The van der Waals surface area contributed by atoms with Crippen molar-refractivity contribution >= 4 is 0 Å². The highest BCUT2D eigenvalue weighted by Gasteiger charge is 2.12. The molecule has 0 unspecified atom stereocenters. The molecule has 5 heteroatoms. The molecular weight excluding hydrogens is 248 g/mol. The Labute approximate surface area is 111 Å². The van der Waals surface area contributed by atoms with Crippen molar-refractivity contribution in [3.05, 3.63) is 41.9 Å². The van der Waals surface area contributed by atoms with Crippen LogP contribution in [0.15, 0.2) is 34.7 Å². The van der Waals surface area contributed by atoms with Gasteiger partial charge in [0.05, 0.1) is 14.2 Å². The zero-order valence-corrected chi connectivity index (χ0v) is 10.9. The molecule has 2 rings (SSSR count). The molecule has 0 aliphatic carbocycles. The minimum Gasteiger partial charge on any atom is -0.493 e. The van der Waals surface area contributed by atoms with Crippen molar-refractivity contribution in [2.24, 2.45) is 0 Å². The van der Waals surface area contributed by atoms with E-state index in [-0.39, 0.29) is 13.2 Å². The highest BCUT2D eigenvalue weighted by atomic mass is 16.5. The van der Waals surface area contributed by atoms with Gasteiger partial charge in [-0.15, -0.1) is 0 Å². The number of ether oxygens (including phenoxy) is 3. The van der Waals surface area contributed by atoms with E-state index >= 15 is 0 Å². The number of benzene rings is 1. The molecule has 0 saturated heterocycles. The monoisotopic (exact) mass is 264 g/mol. The highest BCUT2D eigenvalue weighted by Crippen LogP contribution is 2.37. The second kappa shape index (κ2) is 6.15. The summed E-state index contributed by atoms with van der Waals surface area (Å²) in [6.07, 6.45) is 0. The van der Waals surface area contributed by atoms with Crippen molar-refractivity contribution in [3.8, 4) is 17.2 Å². The summed E-state index contributed by atoms with van der Waals surface area (Å²) in [7, 11) is 3.14. The minimum absolute atomic E-state index is 0.127. The van der Waals surface area contributed by atoms with E-state index in [0.29, 0.717) is 28.8 Å². The number of hydrogen-bond acceptors (Lipinski definition) is 5. The molecule has 0 fully saturated rings. The average Bonchev–Trinajstić information content (AvgIpc) is 2.92. The van der Waals surface area contributed by atoms with Crippen molar-refractivity contribution in [2.45, 2.75) is 13.2 Å². The lowest BCUT2D eigenvalue weighted by molar-refractivity contribution is 0.216. The first kappa shape index (κ1) is 13.3. The van der Waals surface area contributed by atoms with Gasteiger partial charge in [-0.1, -0.05) is 6.07 Å². The number of aliphatic hydroxyl groups excluding tert-OH is 1. The fourth-order valence-electron chi connectivity index (χ4n) is 1.69. The maximum absolute atomic E-state index is 8.93. The Morgan fingerprint density at radius 2 is 1.63 bits per heavy atom. The van der Waals surface area contributed by atoms with Crippen molar-refractivity contribution in [2.75, 3.05) is 14.2 Å². The van der Waals surface area contributed by atoms with E-state index in [1.807, 2.05) is 6.07 Å². The molecule has 19 heavy (non-hydrogen) atoms. The van der Waals surface area contributed by atoms with Crippen LogP contribution in [0.2, 0.25) is 0 Å². The lowest BCUT2D eigenvalue weighted by atomic mass is 10.3. The molecular formula is C14H16O5. The second-order valence-corrected chi connectivity index (χ2v) is 3.81. The van der Waals surface area contributed by atoms with E-state index < -0.39 is 0 Å². The number of aliphatic hydroxyl groups is 1. The zero-order chi connectivity index (χ0) is 13.7. The Bertz CT molecular complexity index is 510. The van der Waals surface area contributed by atoms with Crippen LogP contribution >= 0.6 is 0 Å². The number of rotatable bonds is 6. The number of hydrogen-bond donors (Lipinski definition) is 1. The minimum atomic E-state index is -0.127. The first-order valence-electron chi connectivity index (χ1n) is 5.80. The van der Waals surface area contributed by atoms with E-state index in [0.717, 1.165) is 0 Å². The third-order valence-corrected chi connectivity index (χ3v) is 2.61. The highest BCUT2D eigenvalue weighted by molar-refractivity contribution is 5.51. The topological polar surface area (TPSA) is 61.1 Å². The van der Waals surface area contributed by atoms with Crippen LogP contribution in [0, 0.1) is 0 Å². The van der Waals surface area contributed by atoms with Crippen LogP contribution in [0.4, 0.5) is 0 Å². The SMILES string of the molecule is COc1cccc(OC)c1OCc1ccc(CO)o1. The fraction of sp³-hybridized carbons (Fsp3) is 0.286. The summed E-state index contributed by atoms with van der Waals surface area (Å²) in [6, 6.07) is 8.87. The lowest BCUT2D eigenvalue weighted by Gasteiger charge is -2.13. The summed E-state index contributed by atoms with van der Waals surface area (Å²) in [6.45, 7) is 0.106. The standard InChI is InChI=1S/C14H16O5/c1-16-12-4-3-5-13(17-2)14(12)18-9-11-7-6-10(8-15)19-11/h3-7,15H,8-9H2,1-2H3. The van der Waals surface area contributed by atoms with Gasteiger partial charge in [-0.25, -0.2) is 0 Å². The third-order valence-electron chi connectivity index (χ3n) is 2.61. The number of para-hydroxylation sites is 1. The Hall–Kier alpha value is -2.14. The molecule has 0 saturated carbocycles. The molecule has 1 heterocycles. The van der Waals surface area contributed by atoms with Crippen LogP contribution in [-0.4, -0.2) is 19.3 Å². The fourth-order valence-corrected chi connectivity index (χ4v) is 1.69. The van der Waals surface area contributed by atoms with E-state index in [9.17, 15) is 0 Å². The Balaban J connectivity index is 2.13. The Morgan fingerprint density at radius 3 is 2.16 bits per heavy atom. The Morgan fingerprint density at radius 1 is 1.00 bits per heavy atom. The van der Waals surface area contributed by atoms with Crippen LogP contribution in [0.25, 0.3) is 0 Å². The zero-order valence-electron chi connectivity index (χ0n) is 10.9. The van der Waals surface area contributed by atoms with Crippen LogP contribution < -0.4 is 14.2 Å². The van der Waals surface area contributed by atoms with Crippen LogP contribution in [-0.2, 0) is 13.2 Å². The molecule has 102 valence electrons. The van der Waals surface area contributed by atoms with Crippen molar-refractivity contribution in [3.63, 3.8) is 0 Å². The van der Waals surface area contributed by atoms with Crippen molar-refractivity contribution in [1.29, 1.82) is 0 Å². The maximum atomic E-state index is 8.93. The van der Waals surface area contributed by atoms with Crippen LogP contribution in [0.5, 0.6) is 17.2 Å². The van der Waals surface area contributed by atoms with Crippen molar-refractivity contribution in [1.82, 2.24) is 0 Å². The summed E-state index contributed by atoms with van der Waals surface area (Å²) >= 11 is 0. The molecule has 0 atom stereocenters. The van der Waals surface area contributed by atoms with Gasteiger partial charge in [-0.2, -0.15) is 0 Å². The normalized spacial score (nSPS) is 10.3. The summed E-state index contributed by atoms with van der Waals surface area (Å²) in [5.41, 5.74) is 0. The predicted molar refractivity (Wildman–Crippen MR) is 68.5 cm³/mol. The van der Waals surface area contributed by atoms with Gasteiger partial charge in [0.25, 0.3) is 0 Å². The van der Waals surface area contributed by atoms with Gasteiger partial charge in [-0.3, -0.25) is 0 Å². The molecule has 0 aliphatic heterocycles. The molecule has 0 spiro atoms. The lowest BCUT2D eigenvalue weighted by Crippen LogP contribution is -1.99. The van der Waals surface area contributed by atoms with Gasteiger partial charge in [0.15, 0.2) is 11.5 Å². The summed E-state index contributed by atoms with van der Waals surface area (Å²) in [5, 5.41) is 8.93. The number of methoxy groups -OCH3 is 2. The smallest absolute Gasteiger partial charge is 0.203 e. The molecule has 0 aliphatic rings. The van der Waals surface area contributed by atoms with Gasteiger partial charge < -0.3 is 23.7 Å². The largest absolute Gasteiger partial charge is 0.493 e. The van der Waals surface area contributed by atoms with Gasteiger partial charge in [-0.05, 0) is 24.3 Å². The van der Waals surface area contributed by atoms with E-state index in [1.54, 1.807) is 38.5 Å². The maximum Gasteiger partial charge on any atom is 0.203 e. The summed E-state index contributed by atoms with van der Waals surface area (Å²) in [5.74, 6) is 2.83. The molecule has 0 amide bonds. The van der Waals surface area contributed by atoms with Gasteiger partial charge >= 0.3 is 0 Å².